The number of benzene rings is 1. The molecule has 1 fully saturated rings. The molecule has 22 heavy (non-hydrogen) atoms. The predicted molar refractivity (Wildman–Crippen MR) is 83.2 cm³/mol. The summed E-state index contributed by atoms with van der Waals surface area (Å²) in [6.07, 6.45) is 2.25. The van der Waals surface area contributed by atoms with Crippen molar-refractivity contribution in [1.29, 1.82) is 5.26 Å². The number of anilines is 1. The second-order valence-corrected chi connectivity index (χ2v) is 5.64. The zero-order valence-corrected chi connectivity index (χ0v) is 12.9. The number of hydrogen-bond acceptors (Lipinski definition) is 5. The van der Waals surface area contributed by atoms with E-state index in [0.717, 1.165) is 43.3 Å². The van der Waals surface area contributed by atoms with Gasteiger partial charge in [-0.3, -0.25) is 0 Å². The zero-order valence-electron chi connectivity index (χ0n) is 12.9. The molecule has 3 rings (SSSR count). The molecule has 0 unspecified atom stereocenters. The third kappa shape index (κ3) is 2.75. The quantitative estimate of drug-likeness (QED) is 0.870. The number of piperidine rings is 1. The third-order valence-electron chi connectivity index (χ3n) is 4.09. The van der Waals surface area contributed by atoms with Crippen LogP contribution in [0.5, 0.6) is 5.75 Å². The Morgan fingerprint density at radius 2 is 1.86 bits per heavy atom. The van der Waals surface area contributed by atoms with Crippen LogP contribution in [0.3, 0.4) is 0 Å². The van der Waals surface area contributed by atoms with Crippen molar-refractivity contribution >= 4 is 5.82 Å². The highest BCUT2D eigenvalue weighted by Crippen LogP contribution is 2.24. The van der Waals surface area contributed by atoms with Crippen molar-refractivity contribution in [3.05, 3.63) is 30.0 Å². The fourth-order valence-electron chi connectivity index (χ4n) is 2.64. The normalized spacial score (nSPS) is 15.6. The van der Waals surface area contributed by atoms with E-state index in [9.17, 15) is 5.26 Å². The van der Waals surface area contributed by atoms with Crippen molar-refractivity contribution in [2.24, 2.45) is 5.92 Å². The van der Waals surface area contributed by atoms with E-state index in [1.807, 2.05) is 24.3 Å². The van der Waals surface area contributed by atoms with E-state index in [1.54, 1.807) is 7.11 Å². The summed E-state index contributed by atoms with van der Waals surface area (Å²) in [6, 6.07) is 9.62. The number of nitriles is 1. The summed E-state index contributed by atoms with van der Waals surface area (Å²) in [5, 5.41) is 18.2. The molecule has 0 bridgehead atoms. The molecule has 0 aliphatic carbocycles. The number of aromatic nitrogens is 3. The van der Waals surface area contributed by atoms with Crippen molar-refractivity contribution in [2.75, 3.05) is 25.1 Å². The Kier molecular flexibility index (Phi) is 3.96. The van der Waals surface area contributed by atoms with Gasteiger partial charge in [0, 0.05) is 13.1 Å². The monoisotopic (exact) mass is 297 g/mol. The highest BCUT2D eigenvalue weighted by atomic mass is 16.5. The highest BCUT2D eigenvalue weighted by molar-refractivity contribution is 5.50. The minimum Gasteiger partial charge on any atom is -0.497 e. The van der Waals surface area contributed by atoms with Gasteiger partial charge in [0.1, 0.15) is 11.8 Å². The molecule has 6 nitrogen and oxygen atoms in total. The molecule has 0 saturated carbocycles. The van der Waals surface area contributed by atoms with Gasteiger partial charge in [0.2, 0.25) is 5.69 Å². The molecule has 0 amide bonds. The maximum absolute atomic E-state index is 9.33. The molecule has 1 aliphatic rings. The van der Waals surface area contributed by atoms with E-state index in [4.69, 9.17) is 4.74 Å². The lowest BCUT2D eigenvalue weighted by molar-refractivity contribution is 0.414. The van der Waals surface area contributed by atoms with Crippen molar-refractivity contribution in [3.63, 3.8) is 0 Å². The van der Waals surface area contributed by atoms with Gasteiger partial charge < -0.3 is 9.64 Å². The molecular formula is C16H19N5O. The molecule has 0 radical (unpaired) electrons. The van der Waals surface area contributed by atoms with Gasteiger partial charge in [-0.05, 0) is 43.0 Å². The van der Waals surface area contributed by atoms with Crippen molar-refractivity contribution < 1.29 is 4.74 Å². The summed E-state index contributed by atoms with van der Waals surface area (Å²) in [5.41, 5.74) is 1.19. The lowest BCUT2D eigenvalue weighted by atomic mass is 9.99. The zero-order chi connectivity index (χ0) is 15.5. The van der Waals surface area contributed by atoms with Gasteiger partial charge in [-0.1, -0.05) is 6.92 Å². The fraction of sp³-hybridized carbons (Fsp3) is 0.438. The molecule has 6 heteroatoms. The van der Waals surface area contributed by atoms with E-state index < -0.39 is 0 Å². The van der Waals surface area contributed by atoms with Crippen LogP contribution in [-0.2, 0) is 0 Å². The van der Waals surface area contributed by atoms with Crippen LogP contribution in [0, 0.1) is 17.2 Å². The SMILES string of the molecule is COc1ccc(-n2nc(C#N)c(N3CCC(C)CC3)n2)cc1. The first kappa shape index (κ1) is 14.4. The van der Waals surface area contributed by atoms with Crippen LogP contribution in [0.25, 0.3) is 5.69 Å². The molecule has 0 spiro atoms. The summed E-state index contributed by atoms with van der Waals surface area (Å²) < 4.78 is 5.15. The molecule has 2 aromatic rings. The minimum atomic E-state index is 0.380. The van der Waals surface area contributed by atoms with Gasteiger partial charge in [-0.25, -0.2) is 0 Å². The second-order valence-electron chi connectivity index (χ2n) is 5.64. The first-order chi connectivity index (χ1) is 10.7. The summed E-state index contributed by atoms with van der Waals surface area (Å²) in [5.74, 6) is 2.20. The molecule has 114 valence electrons. The molecule has 0 N–H and O–H groups in total. The Morgan fingerprint density at radius 3 is 2.45 bits per heavy atom. The molecule has 2 heterocycles. The first-order valence-corrected chi connectivity index (χ1v) is 7.48. The predicted octanol–water partition coefficient (Wildman–Crippen LogP) is 2.38. The van der Waals surface area contributed by atoms with Crippen LogP contribution in [0.15, 0.2) is 24.3 Å². The Bertz CT molecular complexity index is 678. The van der Waals surface area contributed by atoms with Crippen LogP contribution in [0.4, 0.5) is 5.82 Å². The Hall–Kier alpha value is -2.55. The van der Waals surface area contributed by atoms with E-state index in [0.29, 0.717) is 11.5 Å². The van der Waals surface area contributed by atoms with Crippen LogP contribution in [0.2, 0.25) is 0 Å². The van der Waals surface area contributed by atoms with Crippen molar-refractivity contribution in [2.45, 2.75) is 19.8 Å². The van der Waals surface area contributed by atoms with Crippen LogP contribution < -0.4 is 9.64 Å². The first-order valence-electron chi connectivity index (χ1n) is 7.48. The van der Waals surface area contributed by atoms with E-state index in [-0.39, 0.29) is 0 Å². The number of nitrogens with zero attached hydrogens (tertiary/aromatic N) is 5. The molecule has 0 atom stereocenters. The highest BCUT2D eigenvalue weighted by Gasteiger charge is 2.22. The molecular weight excluding hydrogens is 278 g/mol. The van der Waals surface area contributed by atoms with Gasteiger partial charge in [0.25, 0.3) is 0 Å². The number of hydrogen-bond donors (Lipinski definition) is 0. The van der Waals surface area contributed by atoms with Crippen LogP contribution in [-0.4, -0.2) is 35.2 Å². The van der Waals surface area contributed by atoms with Crippen LogP contribution in [0.1, 0.15) is 25.5 Å². The summed E-state index contributed by atoms with van der Waals surface area (Å²) in [4.78, 5) is 3.68. The minimum absolute atomic E-state index is 0.380. The number of rotatable bonds is 3. The Balaban J connectivity index is 1.89. The fourth-order valence-corrected chi connectivity index (χ4v) is 2.64. The summed E-state index contributed by atoms with van der Waals surface area (Å²) >= 11 is 0. The average Bonchev–Trinajstić information content (AvgIpc) is 3.00. The summed E-state index contributed by atoms with van der Waals surface area (Å²) in [6.45, 7) is 4.12. The average molecular weight is 297 g/mol. The van der Waals surface area contributed by atoms with Gasteiger partial charge in [0.15, 0.2) is 5.82 Å². The van der Waals surface area contributed by atoms with Gasteiger partial charge in [-0.15, -0.1) is 15.0 Å². The molecule has 1 aromatic heterocycles. The largest absolute Gasteiger partial charge is 0.497 e. The maximum Gasteiger partial charge on any atom is 0.207 e. The molecule has 1 aromatic carbocycles. The van der Waals surface area contributed by atoms with Gasteiger partial charge in [0.05, 0.1) is 12.8 Å². The van der Waals surface area contributed by atoms with Gasteiger partial charge >= 0.3 is 0 Å². The Morgan fingerprint density at radius 1 is 1.18 bits per heavy atom. The standard InChI is InChI=1S/C16H19N5O/c1-12-7-9-20(10-8-12)16-15(11-17)18-21(19-16)13-3-5-14(22-2)6-4-13/h3-6,12H,7-10H2,1-2H3. The number of ether oxygens (including phenoxy) is 1. The second kappa shape index (κ2) is 6.06. The van der Waals surface area contributed by atoms with Crippen LogP contribution >= 0.6 is 0 Å². The van der Waals surface area contributed by atoms with Crippen molar-refractivity contribution in [3.8, 4) is 17.5 Å². The molecule has 1 aliphatic heterocycles. The topological polar surface area (TPSA) is 67.0 Å². The Labute approximate surface area is 129 Å². The lowest BCUT2D eigenvalue weighted by Crippen LogP contribution is -2.33. The van der Waals surface area contributed by atoms with E-state index in [2.05, 4.69) is 28.1 Å². The molecule has 1 saturated heterocycles. The smallest absolute Gasteiger partial charge is 0.207 e. The third-order valence-corrected chi connectivity index (χ3v) is 4.09. The van der Waals surface area contributed by atoms with E-state index >= 15 is 0 Å². The maximum atomic E-state index is 9.33. The number of methoxy groups -OCH3 is 1. The lowest BCUT2D eigenvalue weighted by Gasteiger charge is -2.30. The van der Waals surface area contributed by atoms with Gasteiger partial charge in [-0.2, -0.15) is 5.26 Å². The van der Waals surface area contributed by atoms with Crippen molar-refractivity contribution in [1.82, 2.24) is 15.0 Å². The summed E-state index contributed by atoms with van der Waals surface area (Å²) in [7, 11) is 1.63. The van der Waals surface area contributed by atoms with E-state index in [1.165, 1.54) is 4.80 Å².